The third-order valence-electron chi connectivity index (χ3n) is 1.91. The van der Waals surface area contributed by atoms with Crippen LogP contribution in [0.5, 0.6) is 0 Å². The number of hydrogen-bond acceptors (Lipinski definition) is 3. The number of rotatable bonds is 5. The van der Waals surface area contributed by atoms with E-state index < -0.39 is 5.72 Å². The summed E-state index contributed by atoms with van der Waals surface area (Å²) in [5.41, 5.74) is -0.713. The first kappa shape index (κ1) is 11.3. The maximum absolute atomic E-state index is 9.70. The summed E-state index contributed by atoms with van der Waals surface area (Å²) >= 11 is 1.78. The first-order chi connectivity index (χ1) is 5.00. The molecule has 0 fully saturated rings. The molecule has 0 aromatic heterocycles. The zero-order valence-corrected chi connectivity index (χ0v) is 8.66. The molecule has 0 saturated carbocycles. The maximum Gasteiger partial charge on any atom is 0.115 e. The molecule has 0 spiro atoms. The Bertz CT molecular complexity index is 104. The van der Waals surface area contributed by atoms with Gasteiger partial charge in [-0.25, -0.2) is 0 Å². The zero-order chi connectivity index (χ0) is 8.91. The van der Waals surface area contributed by atoms with Gasteiger partial charge < -0.3 is 5.11 Å². The fourth-order valence-corrected chi connectivity index (χ4v) is 0.916. The second-order valence-corrected chi connectivity index (χ2v) is 4.21. The van der Waals surface area contributed by atoms with E-state index >= 15 is 0 Å². The molecular weight excluding hydrogens is 158 g/mol. The molecule has 2 nitrogen and oxygen atoms in total. The molecule has 0 rings (SSSR count). The van der Waals surface area contributed by atoms with Crippen LogP contribution in [0.1, 0.15) is 20.8 Å². The lowest BCUT2D eigenvalue weighted by Gasteiger charge is -2.28. The van der Waals surface area contributed by atoms with Crippen molar-refractivity contribution < 1.29 is 5.11 Å². The van der Waals surface area contributed by atoms with Gasteiger partial charge >= 0.3 is 0 Å². The predicted octanol–water partition coefficient (Wildman–Crippen LogP) is 1.30. The molecule has 0 aliphatic carbocycles. The molecule has 2 N–H and O–H groups in total. The number of hydrogen-bond donors (Lipinski definition) is 2. The van der Waals surface area contributed by atoms with Crippen LogP contribution in [0.2, 0.25) is 0 Å². The lowest BCUT2D eigenvalue weighted by atomic mass is 10.0. The minimum Gasteiger partial charge on any atom is -0.376 e. The summed E-state index contributed by atoms with van der Waals surface area (Å²) in [7, 11) is 0. The van der Waals surface area contributed by atoms with Gasteiger partial charge in [-0.15, -0.1) is 0 Å². The van der Waals surface area contributed by atoms with Gasteiger partial charge in [0.15, 0.2) is 0 Å². The van der Waals surface area contributed by atoms with Gasteiger partial charge in [0, 0.05) is 12.3 Å². The van der Waals surface area contributed by atoms with Crippen molar-refractivity contribution in [1.29, 1.82) is 0 Å². The Hall–Kier alpha value is 0.270. The van der Waals surface area contributed by atoms with Crippen molar-refractivity contribution in [3.05, 3.63) is 0 Å². The Morgan fingerprint density at radius 3 is 2.45 bits per heavy atom. The Morgan fingerprint density at radius 2 is 2.09 bits per heavy atom. The Balaban J connectivity index is 3.55. The molecular formula is C8H19NOS. The average molecular weight is 177 g/mol. The third-order valence-corrected chi connectivity index (χ3v) is 2.53. The van der Waals surface area contributed by atoms with Gasteiger partial charge in [0.2, 0.25) is 0 Å². The first-order valence-electron chi connectivity index (χ1n) is 3.97. The van der Waals surface area contributed by atoms with E-state index in [0.29, 0.717) is 0 Å². The minimum absolute atomic E-state index is 0.254. The van der Waals surface area contributed by atoms with E-state index in [4.69, 9.17) is 0 Å². The quantitative estimate of drug-likeness (QED) is 0.490. The van der Waals surface area contributed by atoms with E-state index in [1.54, 1.807) is 11.8 Å². The molecule has 11 heavy (non-hydrogen) atoms. The molecule has 0 aliphatic rings. The second-order valence-electron chi connectivity index (χ2n) is 3.22. The van der Waals surface area contributed by atoms with Gasteiger partial charge in [0.05, 0.1) is 0 Å². The van der Waals surface area contributed by atoms with Gasteiger partial charge in [-0.1, -0.05) is 13.8 Å². The van der Waals surface area contributed by atoms with E-state index in [-0.39, 0.29) is 5.92 Å². The van der Waals surface area contributed by atoms with E-state index in [9.17, 15) is 5.11 Å². The van der Waals surface area contributed by atoms with Crippen LogP contribution in [0.25, 0.3) is 0 Å². The number of nitrogens with one attached hydrogen (secondary N) is 1. The topological polar surface area (TPSA) is 32.3 Å². The highest BCUT2D eigenvalue weighted by Crippen LogP contribution is 2.11. The van der Waals surface area contributed by atoms with Gasteiger partial charge in [0.25, 0.3) is 0 Å². The van der Waals surface area contributed by atoms with Gasteiger partial charge in [-0.05, 0) is 19.1 Å². The van der Waals surface area contributed by atoms with Crippen molar-refractivity contribution in [2.45, 2.75) is 26.5 Å². The molecule has 0 saturated heterocycles. The average Bonchev–Trinajstić information content (AvgIpc) is 1.88. The minimum atomic E-state index is -0.713. The largest absolute Gasteiger partial charge is 0.376 e. The molecule has 0 aliphatic heterocycles. The van der Waals surface area contributed by atoms with E-state index in [0.717, 1.165) is 12.3 Å². The molecule has 1 unspecified atom stereocenters. The van der Waals surface area contributed by atoms with Gasteiger partial charge in [-0.3, -0.25) is 5.32 Å². The predicted molar refractivity (Wildman–Crippen MR) is 51.8 cm³/mol. The molecule has 0 aromatic carbocycles. The second kappa shape index (κ2) is 5.01. The SMILES string of the molecule is CSCCNC(C)(O)C(C)C. The molecule has 1 atom stereocenters. The van der Waals surface area contributed by atoms with Crippen LogP contribution in [0, 0.1) is 5.92 Å². The van der Waals surface area contributed by atoms with Crippen molar-refractivity contribution in [3.63, 3.8) is 0 Å². The van der Waals surface area contributed by atoms with Crippen molar-refractivity contribution in [1.82, 2.24) is 5.32 Å². The van der Waals surface area contributed by atoms with Crippen molar-refractivity contribution in [2.75, 3.05) is 18.6 Å². The Labute approximate surface area is 73.8 Å². The van der Waals surface area contributed by atoms with Crippen LogP contribution in [0.3, 0.4) is 0 Å². The summed E-state index contributed by atoms with van der Waals surface area (Å²) in [5, 5.41) is 12.8. The van der Waals surface area contributed by atoms with Crippen LogP contribution in [-0.2, 0) is 0 Å². The normalized spacial score (nSPS) is 16.9. The molecule has 3 heteroatoms. The molecule has 0 amide bonds. The Morgan fingerprint density at radius 1 is 1.55 bits per heavy atom. The van der Waals surface area contributed by atoms with Crippen molar-refractivity contribution in [2.24, 2.45) is 5.92 Å². The highest BCUT2D eigenvalue weighted by molar-refractivity contribution is 7.98. The summed E-state index contributed by atoms with van der Waals surface area (Å²) < 4.78 is 0. The number of thioether (sulfide) groups is 1. The summed E-state index contributed by atoms with van der Waals surface area (Å²) in [6.07, 6.45) is 2.06. The zero-order valence-electron chi connectivity index (χ0n) is 7.85. The lowest BCUT2D eigenvalue weighted by Crippen LogP contribution is -2.47. The van der Waals surface area contributed by atoms with Crippen molar-refractivity contribution >= 4 is 11.8 Å². The van der Waals surface area contributed by atoms with Crippen LogP contribution in [0.15, 0.2) is 0 Å². The molecule has 0 bridgehead atoms. The third kappa shape index (κ3) is 4.67. The highest BCUT2D eigenvalue weighted by atomic mass is 32.2. The lowest BCUT2D eigenvalue weighted by molar-refractivity contribution is -0.0176. The molecule has 0 aromatic rings. The van der Waals surface area contributed by atoms with Gasteiger partial charge in [0.1, 0.15) is 5.72 Å². The first-order valence-corrected chi connectivity index (χ1v) is 5.36. The highest BCUT2D eigenvalue weighted by Gasteiger charge is 2.22. The van der Waals surface area contributed by atoms with Crippen LogP contribution in [-0.4, -0.2) is 29.4 Å². The van der Waals surface area contributed by atoms with Crippen LogP contribution in [0.4, 0.5) is 0 Å². The van der Waals surface area contributed by atoms with Crippen LogP contribution < -0.4 is 5.32 Å². The maximum atomic E-state index is 9.70. The Kier molecular flexibility index (Phi) is 5.13. The van der Waals surface area contributed by atoms with E-state index in [1.807, 2.05) is 20.8 Å². The van der Waals surface area contributed by atoms with E-state index in [1.165, 1.54) is 0 Å². The molecule has 0 radical (unpaired) electrons. The number of aliphatic hydroxyl groups is 1. The molecule has 0 heterocycles. The van der Waals surface area contributed by atoms with Crippen molar-refractivity contribution in [3.8, 4) is 0 Å². The fraction of sp³-hybridized carbons (Fsp3) is 1.00. The summed E-state index contributed by atoms with van der Waals surface area (Å²) in [6.45, 7) is 6.70. The molecule has 68 valence electrons. The van der Waals surface area contributed by atoms with Crippen LogP contribution >= 0.6 is 11.8 Å². The monoisotopic (exact) mass is 177 g/mol. The van der Waals surface area contributed by atoms with E-state index in [2.05, 4.69) is 11.6 Å². The smallest absolute Gasteiger partial charge is 0.115 e. The standard InChI is InChI=1S/C8H19NOS/c1-7(2)8(3,10)9-5-6-11-4/h7,9-10H,5-6H2,1-4H3. The summed E-state index contributed by atoms with van der Waals surface area (Å²) in [5.74, 6) is 1.30. The summed E-state index contributed by atoms with van der Waals surface area (Å²) in [6, 6.07) is 0. The van der Waals surface area contributed by atoms with Gasteiger partial charge in [-0.2, -0.15) is 11.8 Å². The fourth-order valence-electron chi connectivity index (χ4n) is 0.610. The summed E-state index contributed by atoms with van der Waals surface area (Å²) in [4.78, 5) is 0.